The van der Waals surface area contributed by atoms with Crippen LogP contribution >= 0.6 is 0 Å². The van der Waals surface area contributed by atoms with Crippen molar-refractivity contribution in [2.75, 3.05) is 59.2 Å². The predicted molar refractivity (Wildman–Crippen MR) is 160 cm³/mol. The van der Waals surface area contributed by atoms with Crippen LogP contribution in [0, 0.1) is 5.82 Å². The zero-order valence-corrected chi connectivity index (χ0v) is 25.4. The summed E-state index contributed by atoms with van der Waals surface area (Å²) in [5, 5.41) is 11.8. The van der Waals surface area contributed by atoms with Gasteiger partial charge in [-0.05, 0) is 64.0 Å². The number of hydrogen-bond acceptors (Lipinski definition) is 8. The maximum atomic E-state index is 15.1. The molecular weight excluding hydrogens is 571 g/mol. The lowest BCUT2D eigenvalue weighted by Gasteiger charge is -2.34. The molecule has 2 aromatic heterocycles. The Hall–Kier alpha value is -4.56. The first kappa shape index (κ1) is 32.4. The lowest BCUT2D eigenvalue weighted by molar-refractivity contribution is -0.134. The van der Waals surface area contributed by atoms with Gasteiger partial charge in [0.2, 0.25) is 11.8 Å². The van der Waals surface area contributed by atoms with Crippen LogP contribution in [0.2, 0.25) is 0 Å². The van der Waals surface area contributed by atoms with E-state index in [1.165, 1.54) is 29.1 Å². The van der Waals surface area contributed by atoms with Crippen LogP contribution in [0.4, 0.5) is 10.1 Å². The molecule has 3 heterocycles. The zero-order valence-electron chi connectivity index (χ0n) is 25.4. The van der Waals surface area contributed by atoms with Gasteiger partial charge in [-0.2, -0.15) is 5.10 Å². The first-order valence-corrected chi connectivity index (χ1v) is 14.4. The van der Waals surface area contributed by atoms with Crippen molar-refractivity contribution in [2.24, 2.45) is 0 Å². The summed E-state index contributed by atoms with van der Waals surface area (Å²) >= 11 is 0. The summed E-state index contributed by atoms with van der Waals surface area (Å²) in [5.41, 5.74) is 0.674. The largest absolute Gasteiger partial charge is 0.455 e. The predicted octanol–water partition coefficient (Wildman–Crippen LogP) is 1.18. The molecule has 4 rings (SSSR count). The fraction of sp³-hybridized carbons (Fsp3) is 0.433. The van der Waals surface area contributed by atoms with Crippen LogP contribution in [0.5, 0.6) is 0 Å². The number of anilines is 1. The summed E-state index contributed by atoms with van der Waals surface area (Å²) in [4.78, 5) is 57.1. The third-order valence-corrected chi connectivity index (χ3v) is 7.18. The number of hydrogen-bond donors (Lipinski definition) is 3. The number of nitrogens with zero attached hydrogens (tertiary/aromatic N) is 5. The maximum absolute atomic E-state index is 15.1. The first-order valence-electron chi connectivity index (χ1n) is 14.4. The van der Waals surface area contributed by atoms with Crippen molar-refractivity contribution in [3.8, 4) is 0 Å². The molecule has 3 N–H and O–H groups in total. The van der Waals surface area contributed by atoms with Crippen molar-refractivity contribution >= 4 is 29.3 Å². The van der Waals surface area contributed by atoms with Crippen LogP contribution in [0.1, 0.15) is 39.3 Å². The van der Waals surface area contributed by atoms with Crippen molar-refractivity contribution in [3.05, 3.63) is 71.2 Å². The Labute approximate surface area is 255 Å². The number of benzene rings is 1. The Balaban J connectivity index is 1.42. The number of furan rings is 1. The molecule has 236 valence electrons. The Morgan fingerprint density at radius 3 is 2.48 bits per heavy atom. The Morgan fingerprint density at radius 2 is 1.80 bits per heavy atom. The molecule has 4 amide bonds. The Morgan fingerprint density at radius 1 is 1.05 bits per heavy atom. The van der Waals surface area contributed by atoms with Crippen molar-refractivity contribution < 1.29 is 28.0 Å². The number of aryl methyl sites for hydroxylation is 1. The van der Waals surface area contributed by atoms with E-state index in [-0.39, 0.29) is 30.3 Å². The van der Waals surface area contributed by atoms with Gasteiger partial charge in [-0.1, -0.05) is 6.07 Å². The van der Waals surface area contributed by atoms with Gasteiger partial charge in [-0.25, -0.2) is 4.39 Å². The summed E-state index contributed by atoms with van der Waals surface area (Å²) in [6, 6.07) is 8.01. The monoisotopic (exact) mass is 610 g/mol. The summed E-state index contributed by atoms with van der Waals surface area (Å²) in [5.74, 6) is -1.95. The zero-order chi connectivity index (χ0) is 31.8. The number of aromatic nitrogens is 2. The van der Waals surface area contributed by atoms with Gasteiger partial charge < -0.3 is 35.1 Å². The molecule has 0 bridgehead atoms. The molecule has 14 heteroatoms. The van der Waals surface area contributed by atoms with Gasteiger partial charge >= 0.3 is 0 Å². The van der Waals surface area contributed by atoms with Gasteiger partial charge in [0.25, 0.3) is 11.8 Å². The van der Waals surface area contributed by atoms with Crippen LogP contribution in [0.25, 0.3) is 0 Å². The Kier molecular flexibility index (Phi) is 10.8. The number of likely N-dealkylation sites (N-methyl/N-ethyl adjacent to an activating group) is 1. The molecule has 0 radical (unpaired) electrons. The minimum atomic E-state index is -0.972. The lowest BCUT2D eigenvalue weighted by atomic mass is 10.0. The molecule has 0 spiro atoms. The average molecular weight is 611 g/mol. The van der Waals surface area contributed by atoms with Crippen LogP contribution in [-0.4, -0.2) is 108 Å². The quantitative estimate of drug-likeness (QED) is 0.277. The normalized spacial score (nSPS) is 14.4. The number of piperazine rings is 1. The Bertz CT molecular complexity index is 1480. The molecule has 13 nitrogen and oxygen atoms in total. The second kappa shape index (κ2) is 14.8. The standard InChI is InChI=1S/C30H39FN8O5/c1-5-39-25(10-11-33-39)28(41)32-18-27(40)34-23-8-6-20(16-22(23)31)17-24(30(43)38-14-12-37(4)13-15-38)35-29(42)26-9-7-21(44-26)19-36(2)3/h6-11,16,24H,5,12-15,17-19H2,1-4H3,(H,32,41)(H,34,40)(H,35,42). The molecule has 3 aromatic rings. The number of carbonyl (C=O) groups is 4. The van der Waals surface area contributed by atoms with E-state index in [0.717, 1.165) is 0 Å². The summed E-state index contributed by atoms with van der Waals surface area (Å²) in [6.45, 7) is 4.88. The highest BCUT2D eigenvalue weighted by Crippen LogP contribution is 2.18. The topological polar surface area (TPSA) is 145 Å². The van der Waals surface area contributed by atoms with E-state index < -0.39 is 29.6 Å². The molecule has 1 atom stereocenters. The van der Waals surface area contributed by atoms with Gasteiger partial charge in [0.15, 0.2) is 5.76 Å². The highest BCUT2D eigenvalue weighted by Gasteiger charge is 2.29. The lowest BCUT2D eigenvalue weighted by Crippen LogP contribution is -2.55. The number of nitrogens with one attached hydrogen (secondary N) is 3. The van der Waals surface area contributed by atoms with Crippen LogP contribution in [0.15, 0.2) is 47.0 Å². The number of amides is 4. The van der Waals surface area contributed by atoms with Gasteiger partial charge in [0, 0.05) is 45.3 Å². The molecule has 1 saturated heterocycles. The molecule has 1 fully saturated rings. The molecule has 1 aliphatic rings. The van der Waals surface area contributed by atoms with E-state index in [1.54, 1.807) is 23.1 Å². The number of carbonyl (C=O) groups excluding carboxylic acids is 4. The van der Waals surface area contributed by atoms with E-state index in [4.69, 9.17) is 4.42 Å². The van der Waals surface area contributed by atoms with Crippen molar-refractivity contribution in [1.29, 1.82) is 0 Å². The average Bonchev–Trinajstić information content (AvgIpc) is 3.66. The van der Waals surface area contributed by atoms with Crippen molar-refractivity contribution in [2.45, 2.75) is 32.5 Å². The van der Waals surface area contributed by atoms with Crippen molar-refractivity contribution in [1.82, 2.24) is 35.1 Å². The molecule has 1 aromatic carbocycles. The minimum absolute atomic E-state index is 0.0223. The molecule has 44 heavy (non-hydrogen) atoms. The van der Waals surface area contributed by atoms with Gasteiger partial charge in [0.05, 0.1) is 18.8 Å². The van der Waals surface area contributed by atoms with E-state index in [0.29, 0.717) is 56.3 Å². The number of rotatable bonds is 12. The first-order chi connectivity index (χ1) is 21.0. The minimum Gasteiger partial charge on any atom is -0.455 e. The SMILES string of the molecule is CCn1nccc1C(=O)NCC(=O)Nc1ccc(CC(NC(=O)c2ccc(CN(C)C)o2)C(=O)N2CCN(C)CC2)cc1F. The fourth-order valence-corrected chi connectivity index (χ4v) is 4.82. The summed E-state index contributed by atoms with van der Waals surface area (Å²) < 4.78 is 22.3. The fourth-order valence-electron chi connectivity index (χ4n) is 4.82. The van der Waals surface area contributed by atoms with Crippen LogP contribution in [0.3, 0.4) is 0 Å². The molecule has 0 saturated carbocycles. The van der Waals surface area contributed by atoms with Gasteiger partial charge in [-0.15, -0.1) is 0 Å². The summed E-state index contributed by atoms with van der Waals surface area (Å²) in [7, 11) is 5.74. The molecule has 0 aliphatic carbocycles. The number of halogens is 1. The maximum Gasteiger partial charge on any atom is 0.287 e. The summed E-state index contributed by atoms with van der Waals surface area (Å²) in [6.07, 6.45) is 1.51. The third-order valence-electron chi connectivity index (χ3n) is 7.18. The second-order valence-corrected chi connectivity index (χ2v) is 10.9. The smallest absolute Gasteiger partial charge is 0.287 e. The van der Waals surface area contributed by atoms with Crippen LogP contribution in [-0.2, 0) is 29.1 Å². The van der Waals surface area contributed by atoms with E-state index in [1.807, 2.05) is 33.0 Å². The van der Waals surface area contributed by atoms with Crippen LogP contribution < -0.4 is 16.0 Å². The molecule has 1 unspecified atom stereocenters. The van der Waals surface area contributed by atoms with Crippen molar-refractivity contribution in [3.63, 3.8) is 0 Å². The highest BCUT2D eigenvalue weighted by molar-refractivity contribution is 5.98. The van der Waals surface area contributed by atoms with E-state index in [9.17, 15) is 19.2 Å². The van der Waals surface area contributed by atoms with E-state index >= 15 is 4.39 Å². The molecular formula is C30H39FN8O5. The second-order valence-electron chi connectivity index (χ2n) is 10.9. The highest BCUT2D eigenvalue weighted by atomic mass is 19.1. The third kappa shape index (κ3) is 8.51. The van der Waals surface area contributed by atoms with Gasteiger partial charge in [0.1, 0.15) is 23.3 Å². The van der Waals surface area contributed by atoms with Gasteiger partial charge in [-0.3, -0.25) is 23.9 Å². The van der Waals surface area contributed by atoms with E-state index in [2.05, 4.69) is 25.9 Å². The molecule has 1 aliphatic heterocycles.